The number of fused-ring (bicyclic) bond motifs is 1. The van der Waals surface area contributed by atoms with Crippen molar-refractivity contribution in [2.45, 2.75) is 45.7 Å². The zero-order valence-corrected chi connectivity index (χ0v) is 12.4. The molecule has 0 fully saturated rings. The zero-order chi connectivity index (χ0) is 14.7. The molecule has 0 unspecified atom stereocenters. The number of aromatic nitrogens is 2. The summed E-state index contributed by atoms with van der Waals surface area (Å²) in [5, 5.41) is 7.46. The Labute approximate surface area is 125 Å². The average Bonchev–Trinajstić information content (AvgIpc) is 2.88. The molecule has 1 N–H and O–H groups in total. The highest BCUT2D eigenvalue weighted by atomic mass is 16.2. The molecule has 0 aliphatic heterocycles. The molecule has 1 aromatic carbocycles. The van der Waals surface area contributed by atoms with Crippen molar-refractivity contribution in [2.24, 2.45) is 0 Å². The van der Waals surface area contributed by atoms with Gasteiger partial charge in [0.15, 0.2) is 0 Å². The molecule has 0 saturated carbocycles. The van der Waals surface area contributed by atoms with Gasteiger partial charge in [0.2, 0.25) is 5.91 Å². The summed E-state index contributed by atoms with van der Waals surface area (Å²) in [7, 11) is 0. The van der Waals surface area contributed by atoms with Crippen LogP contribution >= 0.6 is 0 Å². The van der Waals surface area contributed by atoms with E-state index in [0.717, 1.165) is 18.4 Å². The average molecular weight is 283 g/mol. The fraction of sp³-hybridized carbons (Fsp3) is 0.412. The Morgan fingerprint density at radius 3 is 2.76 bits per heavy atom. The molecule has 1 aromatic heterocycles. The normalized spacial score (nSPS) is 13.8. The van der Waals surface area contributed by atoms with Gasteiger partial charge in [0.05, 0.1) is 5.69 Å². The highest BCUT2D eigenvalue weighted by molar-refractivity contribution is 5.75. The molecule has 0 spiro atoms. The first kappa shape index (κ1) is 13.9. The van der Waals surface area contributed by atoms with Crippen molar-refractivity contribution in [1.29, 1.82) is 0 Å². The minimum absolute atomic E-state index is 0.00965. The van der Waals surface area contributed by atoms with E-state index in [2.05, 4.69) is 29.5 Å². The molecule has 3 rings (SSSR count). The first-order chi connectivity index (χ1) is 10.2. The van der Waals surface area contributed by atoms with Crippen molar-refractivity contribution in [2.75, 3.05) is 0 Å². The molecule has 2 aromatic rings. The quantitative estimate of drug-likeness (QED) is 0.936. The zero-order valence-electron chi connectivity index (χ0n) is 12.4. The fourth-order valence-electron chi connectivity index (χ4n) is 2.72. The highest BCUT2D eigenvalue weighted by Crippen LogP contribution is 2.19. The van der Waals surface area contributed by atoms with Crippen molar-refractivity contribution in [3.63, 3.8) is 0 Å². The van der Waals surface area contributed by atoms with Crippen LogP contribution < -0.4 is 5.32 Å². The lowest BCUT2D eigenvalue weighted by Crippen LogP contribution is -2.27. The van der Waals surface area contributed by atoms with E-state index in [-0.39, 0.29) is 5.91 Å². The molecule has 0 saturated heterocycles. The second kappa shape index (κ2) is 6.12. The van der Waals surface area contributed by atoms with Gasteiger partial charge in [-0.1, -0.05) is 29.8 Å². The van der Waals surface area contributed by atoms with Crippen molar-refractivity contribution in [1.82, 2.24) is 15.1 Å². The van der Waals surface area contributed by atoms with Crippen LogP contribution in [0.1, 0.15) is 35.2 Å². The van der Waals surface area contributed by atoms with Crippen molar-refractivity contribution < 1.29 is 4.79 Å². The van der Waals surface area contributed by atoms with Crippen LogP contribution in [0.5, 0.6) is 0 Å². The van der Waals surface area contributed by atoms with E-state index in [9.17, 15) is 4.79 Å². The molecule has 1 amide bonds. The lowest BCUT2D eigenvalue weighted by molar-refractivity contribution is -0.122. The second-order valence-corrected chi connectivity index (χ2v) is 5.77. The number of amides is 1. The van der Waals surface area contributed by atoms with Crippen LogP contribution in [0.15, 0.2) is 30.5 Å². The van der Waals surface area contributed by atoms with Gasteiger partial charge in [0.25, 0.3) is 0 Å². The molecule has 110 valence electrons. The SMILES string of the molecule is Cc1ccc(CNC(=O)Cn2cc3c(n2)CCCC3)cc1. The minimum atomic E-state index is 0.00965. The molecule has 21 heavy (non-hydrogen) atoms. The third-order valence-corrected chi connectivity index (χ3v) is 3.95. The molecule has 1 heterocycles. The molecular weight excluding hydrogens is 262 g/mol. The summed E-state index contributed by atoms with van der Waals surface area (Å²) >= 11 is 0. The van der Waals surface area contributed by atoms with E-state index in [4.69, 9.17) is 0 Å². The summed E-state index contributed by atoms with van der Waals surface area (Å²) in [6.07, 6.45) is 6.62. The Morgan fingerprint density at radius 2 is 2.00 bits per heavy atom. The minimum Gasteiger partial charge on any atom is -0.350 e. The van der Waals surface area contributed by atoms with Crippen LogP contribution in [0.4, 0.5) is 0 Å². The maximum atomic E-state index is 12.0. The standard InChI is InChI=1S/C17H21N3O/c1-13-6-8-14(9-7-13)10-18-17(21)12-20-11-15-4-2-3-5-16(15)19-20/h6-9,11H,2-5,10,12H2,1H3,(H,18,21). The van der Waals surface area contributed by atoms with Crippen LogP contribution in [0.3, 0.4) is 0 Å². The molecule has 4 heteroatoms. The first-order valence-electron chi connectivity index (χ1n) is 7.58. The number of nitrogens with zero attached hydrogens (tertiary/aromatic N) is 2. The van der Waals surface area contributed by atoms with Crippen LogP contribution in [0.25, 0.3) is 0 Å². The summed E-state index contributed by atoms with van der Waals surface area (Å²) in [5.41, 5.74) is 4.83. The molecule has 0 radical (unpaired) electrons. The summed E-state index contributed by atoms with van der Waals surface area (Å²) < 4.78 is 1.78. The monoisotopic (exact) mass is 283 g/mol. The molecule has 0 atom stereocenters. The van der Waals surface area contributed by atoms with Gasteiger partial charge in [-0.25, -0.2) is 0 Å². The fourth-order valence-corrected chi connectivity index (χ4v) is 2.72. The molecule has 4 nitrogen and oxygen atoms in total. The lowest BCUT2D eigenvalue weighted by Gasteiger charge is -2.06. The third-order valence-electron chi connectivity index (χ3n) is 3.95. The second-order valence-electron chi connectivity index (χ2n) is 5.77. The molecular formula is C17H21N3O. The van der Waals surface area contributed by atoms with E-state index >= 15 is 0 Å². The first-order valence-corrected chi connectivity index (χ1v) is 7.58. The summed E-state index contributed by atoms with van der Waals surface area (Å²) in [4.78, 5) is 12.0. The Bertz CT molecular complexity index is 604. The summed E-state index contributed by atoms with van der Waals surface area (Å²) in [6, 6.07) is 8.20. The van der Waals surface area contributed by atoms with Crippen LogP contribution in [-0.2, 0) is 30.7 Å². The number of aryl methyl sites for hydroxylation is 3. The third kappa shape index (κ3) is 3.51. The lowest BCUT2D eigenvalue weighted by atomic mass is 9.99. The van der Waals surface area contributed by atoms with Gasteiger partial charge in [-0.15, -0.1) is 0 Å². The summed E-state index contributed by atoms with van der Waals surface area (Å²) in [5.74, 6) is 0.00965. The Balaban J connectivity index is 1.54. The maximum Gasteiger partial charge on any atom is 0.241 e. The number of hydrogen-bond acceptors (Lipinski definition) is 2. The van der Waals surface area contributed by atoms with Crippen molar-refractivity contribution in [3.8, 4) is 0 Å². The molecule has 0 bridgehead atoms. The maximum absolute atomic E-state index is 12.0. The predicted molar refractivity (Wildman–Crippen MR) is 81.9 cm³/mol. The number of carbonyl (C=O) groups excluding carboxylic acids is 1. The topological polar surface area (TPSA) is 46.9 Å². The predicted octanol–water partition coefficient (Wildman–Crippen LogP) is 2.39. The highest BCUT2D eigenvalue weighted by Gasteiger charge is 2.14. The Hall–Kier alpha value is -2.10. The van der Waals surface area contributed by atoms with E-state index in [0.29, 0.717) is 13.1 Å². The van der Waals surface area contributed by atoms with Gasteiger partial charge in [-0.05, 0) is 43.7 Å². The number of nitrogens with one attached hydrogen (secondary N) is 1. The van der Waals surface area contributed by atoms with Crippen molar-refractivity contribution >= 4 is 5.91 Å². The van der Waals surface area contributed by atoms with Crippen LogP contribution in [0.2, 0.25) is 0 Å². The van der Waals surface area contributed by atoms with E-state index in [1.54, 1.807) is 4.68 Å². The largest absolute Gasteiger partial charge is 0.350 e. The van der Waals surface area contributed by atoms with E-state index in [1.807, 2.05) is 18.3 Å². The van der Waals surface area contributed by atoms with Gasteiger partial charge < -0.3 is 5.32 Å². The van der Waals surface area contributed by atoms with Gasteiger partial charge in [0.1, 0.15) is 6.54 Å². The Morgan fingerprint density at radius 1 is 1.24 bits per heavy atom. The van der Waals surface area contributed by atoms with Gasteiger partial charge in [-0.3, -0.25) is 9.48 Å². The Kier molecular flexibility index (Phi) is 4.04. The number of carbonyl (C=O) groups is 1. The molecule has 1 aliphatic carbocycles. The number of benzene rings is 1. The van der Waals surface area contributed by atoms with Gasteiger partial charge in [0, 0.05) is 12.7 Å². The van der Waals surface area contributed by atoms with E-state index < -0.39 is 0 Å². The molecule has 1 aliphatic rings. The van der Waals surface area contributed by atoms with Crippen LogP contribution in [0, 0.1) is 6.92 Å². The number of rotatable bonds is 4. The van der Waals surface area contributed by atoms with Gasteiger partial charge in [-0.2, -0.15) is 5.10 Å². The van der Waals surface area contributed by atoms with Gasteiger partial charge >= 0.3 is 0 Å². The summed E-state index contributed by atoms with van der Waals surface area (Å²) in [6.45, 7) is 2.93. The number of hydrogen-bond donors (Lipinski definition) is 1. The van der Waals surface area contributed by atoms with E-state index in [1.165, 1.54) is 29.7 Å². The smallest absolute Gasteiger partial charge is 0.241 e. The van der Waals surface area contributed by atoms with Crippen molar-refractivity contribution in [3.05, 3.63) is 52.8 Å². The van der Waals surface area contributed by atoms with Crippen LogP contribution in [-0.4, -0.2) is 15.7 Å².